The smallest absolute Gasteiger partial charge is 0.272 e. The molecule has 3 heterocycles. The molecular weight excluding hydrogens is 356 g/mol. The molecule has 1 N–H and O–H groups in total. The Bertz CT molecular complexity index is 860. The Kier molecular flexibility index (Phi) is 5.28. The lowest BCUT2D eigenvalue weighted by molar-refractivity contribution is 0.0932. The van der Waals surface area contributed by atoms with Gasteiger partial charge in [-0.25, -0.2) is 0 Å². The van der Waals surface area contributed by atoms with Crippen molar-refractivity contribution in [2.75, 3.05) is 19.6 Å². The molecule has 0 saturated carbocycles. The number of fused-ring (bicyclic) bond motifs is 3. The van der Waals surface area contributed by atoms with Gasteiger partial charge in [0.05, 0.1) is 5.69 Å². The Morgan fingerprint density at radius 2 is 2.22 bits per heavy atom. The Morgan fingerprint density at radius 3 is 3.04 bits per heavy atom. The van der Waals surface area contributed by atoms with Crippen molar-refractivity contribution in [3.8, 4) is 11.3 Å². The van der Waals surface area contributed by atoms with Gasteiger partial charge in [0.1, 0.15) is 0 Å². The van der Waals surface area contributed by atoms with Crippen molar-refractivity contribution in [3.05, 3.63) is 35.0 Å². The number of hydrogen-bond acceptors (Lipinski definition) is 4. The van der Waals surface area contributed by atoms with Crippen LogP contribution in [-0.4, -0.2) is 46.3 Å². The summed E-state index contributed by atoms with van der Waals surface area (Å²) >= 11 is 1.79. The number of nitrogens with zero attached hydrogens (tertiary/aromatic N) is 3. The minimum absolute atomic E-state index is 0.0479. The van der Waals surface area contributed by atoms with Gasteiger partial charge in [-0.2, -0.15) is 5.10 Å². The number of hydrogen-bond donors (Lipinski definition) is 1. The molecule has 6 heteroatoms. The maximum Gasteiger partial charge on any atom is 0.272 e. The number of benzene rings is 1. The van der Waals surface area contributed by atoms with Crippen molar-refractivity contribution in [1.29, 1.82) is 0 Å². The van der Waals surface area contributed by atoms with Crippen molar-refractivity contribution in [2.45, 2.75) is 49.8 Å². The van der Waals surface area contributed by atoms with Gasteiger partial charge in [-0.3, -0.25) is 14.4 Å². The number of nitrogens with one attached hydrogen (secondary N) is 1. The number of carbonyl (C=O) groups excluding carboxylic acids is 1. The average Bonchev–Trinajstić information content (AvgIpc) is 3.00. The van der Waals surface area contributed by atoms with Gasteiger partial charge in [0.25, 0.3) is 5.91 Å². The summed E-state index contributed by atoms with van der Waals surface area (Å²) in [4.78, 5) is 16.6. The van der Waals surface area contributed by atoms with Crippen LogP contribution in [0.15, 0.2) is 23.1 Å². The largest absolute Gasteiger partial charge is 0.349 e. The van der Waals surface area contributed by atoms with Crippen LogP contribution in [0.3, 0.4) is 0 Å². The second-order valence-electron chi connectivity index (χ2n) is 7.72. The number of carbonyl (C=O) groups is 1. The first-order chi connectivity index (χ1) is 13.0. The molecule has 2 aliphatic rings. The van der Waals surface area contributed by atoms with Crippen LogP contribution >= 0.6 is 11.8 Å². The second-order valence-corrected chi connectivity index (χ2v) is 8.74. The summed E-state index contributed by atoms with van der Waals surface area (Å²) in [6.07, 6.45) is 3.85. The predicted molar refractivity (Wildman–Crippen MR) is 110 cm³/mol. The van der Waals surface area contributed by atoms with Gasteiger partial charge in [-0.05, 0) is 45.4 Å². The summed E-state index contributed by atoms with van der Waals surface area (Å²) < 4.78 is 1.87. The number of amides is 1. The van der Waals surface area contributed by atoms with Crippen LogP contribution in [0.5, 0.6) is 0 Å². The van der Waals surface area contributed by atoms with E-state index in [1.54, 1.807) is 11.8 Å². The Labute approximate surface area is 165 Å². The van der Waals surface area contributed by atoms with Crippen molar-refractivity contribution >= 4 is 17.7 Å². The highest BCUT2D eigenvalue weighted by Gasteiger charge is 2.28. The third-order valence-corrected chi connectivity index (χ3v) is 6.85. The third kappa shape index (κ3) is 3.65. The molecule has 0 spiro atoms. The molecule has 0 unspecified atom stereocenters. The summed E-state index contributed by atoms with van der Waals surface area (Å²) in [5, 5.41) is 7.68. The Balaban J connectivity index is 1.49. The molecule has 0 radical (unpaired) electrons. The lowest BCUT2D eigenvalue weighted by Gasteiger charge is -2.33. The van der Waals surface area contributed by atoms with Crippen molar-refractivity contribution in [3.63, 3.8) is 0 Å². The zero-order chi connectivity index (χ0) is 19.0. The van der Waals surface area contributed by atoms with Gasteiger partial charge >= 0.3 is 0 Å². The van der Waals surface area contributed by atoms with Crippen LogP contribution in [-0.2, 0) is 12.8 Å². The molecule has 1 aromatic carbocycles. The molecule has 1 aromatic heterocycles. The average molecular weight is 385 g/mol. The normalized spacial score (nSPS) is 19.4. The molecule has 0 bridgehead atoms. The van der Waals surface area contributed by atoms with Gasteiger partial charge in [-0.15, -0.1) is 11.8 Å². The van der Waals surface area contributed by atoms with E-state index in [9.17, 15) is 4.79 Å². The fraction of sp³-hybridized carbons (Fsp3) is 0.524. The monoisotopic (exact) mass is 384 g/mol. The number of aromatic nitrogens is 2. The summed E-state index contributed by atoms with van der Waals surface area (Å²) in [6.45, 7) is 7.12. The second kappa shape index (κ2) is 7.68. The molecule has 0 aliphatic carbocycles. The van der Waals surface area contributed by atoms with Crippen LogP contribution < -0.4 is 5.32 Å². The molecule has 1 fully saturated rings. The van der Waals surface area contributed by atoms with Gasteiger partial charge in [0, 0.05) is 48.0 Å². The van der Waals surface area contributed by atoms with Crippen LogP contribution in [0.4, 0.5) is 0 Å². The van der Waals surface area contributed by atoms with Gasteiger partial charge < -0.3 is 5.32 Å². The maximum absolute atomic E-state index is 12.8. The zero-order valence-electron chi connectivity index (χ0n) is 16.4. The van der Waals surface area contributed by atoms with E-state index < -0.39 is 0 Å². The molecule has 2 aromatic rings. The highest BCUT2D eigenvalue weighted by atomic mass is 32.2. The number of thioether (sulfide) groups is 1. The van der Waals surface area contributed by atoms with Crippen LogP contribution in [0, 0.1) is 6.92 Å². The van der Waals surface area contributed by atoms with E-state index in [1.165, 1.54) is 35.3 Å². The quantitative estimate of drug-likeness (QED) is 0.875. The molecular formula is C21H28N4OS. The molecule has 1 amide bonds. The minimum atomic E-state index is -0.0479. The van der Waals surface area contributed by atoms with Gasteiger partial charge in [0.2, 0.25) is 0 Å². The highest BCUT2D eigenvalue weighted by molar-refractivity contribution is 7.98. The number of rotatable bonds is 4. The summed E-state index contributed by atoms with van der Waals surface area (Å²) in [5.74, 6) is 0.749. The van der Waals surface area contributed by atoms with E-state index >= 15 is 0 Å². The molecule has 27 heavy (non-hydrogen) atoms. The first kappa shape index (κ1) is 18.6. The van der Waals surface area contributed by atoms with E-state index in [0.29, 0.717) is 18.3 Å². The molecule has 144 valence electrons. The van der Waals surface area contributed by atoms with E-state index in [0.717, 1.165) is 30.1 Å². The van der Waals surface area contributed by atoms with Crippen molar-refractivity contribution in [2.24, 2.45) is 7.05 Å². The molecule has 2 aliphatic heterocycles. The molecule has 4 rings (SSSR count). The fourth-order valence-electron chi connectivity index (χ4n) is 4.22. The number of piperidine rings is 1. The first-order valence-corrected chi connectivity index (χ1v) is 10.8. The highest BCUT2D eigenvalue weighted by Crippen LogP contribution is 2.42. The summed E-state index contributed by atoms with van der Waals surface area (Å²) in [5.41, 5.74) is 5.15. The van der Waals surface area contributed by atoms with Crippen LogP contribution in [0.1, 0.15) is 47.8 Å². The molecule has 5 nitrogen and oxygen atoms in total. The standard InChI is InChI=1S/C21H28N4OS/c1-14-7-8-18-16(12-14)20-17(13-27-18)19(23-24(20)3)21(26)22-9-11-25-10-5-4-6-15(25)2/h7-8,12,15H,4-6,9-11,13H2,1-3H3,(H,22,26)/t15-/m1/s1. The van der Waals surface area contributed by atoms with Gasteiger partial charge in [0.15, 0.2) is 5.69 Å². The molecule has 1 atom stereocenters. The van der Waals surface area contributed by atoms with Gasteiger partial charge in [-0.1, -0.05) is 18.1 Å². The first-order valence-electron chi connectivity index (χ1n) is 9.86. The Hall–Kier alpha value is -1.79. The lowest BCUT2D eigenvalue weighted by Crippen LogP contribution is -2.42. The predicted octanol–water partition coefficient (Wildman–Crippen LogP) is 3.61. The van der Waals surface area contributed by atoms with Crippen LogP contribution in [0.25, 0.3) is 11.3 Å². The topological polar surface area (TPSA) is 50.2 Å². The SMILES string of the molecule is Cc1ccc2c(c1)-c1c(c(C(=O)NCCN3CCCC[C@H]3C)nn1C)CS2. The van der Waals surface area contributed by atoms with E-state index in [-0.39, 0.29) is 5.91 Å². The van der Waals surface area contributed by atoms with Crippen molar-refractivity contribution < 1.29 is 4.79 Å². The number of aryl methyl sites for hydroxylation is 2. The fourth-order valence-corrected chi connectivity index (χ4v) is 5.26. The number of likely N-dealkylation sites (tertiary alicyclic amines) is 1. The molecule has 1 saturated heterocycles. The van der Waals surface area contributed by atoms with E-state index in [1.807, 2.05) is 11.7 Å². The third-order valence-electron chi connectivity index (χ3n) is 5.75. The minimum Gasteiger partial charge on any atom is -0.349 e. The van der Waals surface area contributed by atoms with Crippen LogP contribution in [0.2, 0.25) is 0 Å². The van der Waals surface area contributed by atoms with Crippen molar-refractivity contribution in [1.82, 2.24) is 20.0 Å². The Morgan fingerprint density at radius 1 is 1.37 bits per heavy atom. The summed E-state index contributed by atoms with van der Waals surface area (Å²) in [7, 11) is 1.94. The summed E-state index contributed by atoms with van der Waals surface area (Å²) in [6, 6.07) is 7.13. The van der Waals surface area contributed by atoms with E-state index in [2.05, 4.69) is 47.4 Å². The zero-order valence-corrected chi connectivity index (χ0v) is 17.2. The maximum atomic E-state index is 12.8. The van der Waals surface area contributed by atoms with E-state index in [4.69, 9.17) is 0 Å². The lowest BCUT2D eigenvalue weighted by atomic mass is 10.0.